The largest absolute Gasteiger partial charge is 0.497 e. The molecule has 2 amide bonds. The van der Waals surface area contributed by atoms with E-state index in [2.05, 4.69) is 5.32 Å². The van der Waals surface area contributed by atoms with Crippen LogP contribution >= 0.6 is 0 Å². The van der Waals surface area contributed by atoms with Crippen LogP contribution in [0.4, 0.5) is 5.69 Å². The quantitative estimate of drug-likeness (QED) is 0.446. The van der Waals surface area contributed by atoms with Crippen LogP contribution in [0.25, 0.3) is 0 Å². The zero-order valence-electron chi connectivity index (χ0n) is 21.9. The van der Waals surface area contributed by atoms with E-state index in [1.807, 2.05) is 26.0 Å². The molecule has 1 heterocycles. The molecule has 1 N–H and O–H groups in total. The van der Waals surface area contributed by atoms with Gasteiger partial charge in [0.1, 0.15) is 11.8 Å². The van der Waals surface area contributed by atoms with Crippen molar-refractivity contribution in [2.75, 3.05) is 31.0 Å². The molecule has 1 atom stereocenters. The molecule has 0 aliphatic carbocycles. The highest BCUT2D eigenvalue weighted by Gasteiger charge is 2.27. The number of amides is 2. The van der Waals surface area contributed by atoms with Crippen molar-refractivity contribution in [2.24, 2.45) is 0 Å². The third-order valence-electron chi connectivity index (χ3n) is 5.91. The molecule has 11 heteroatoms. The molecule has 1 aliphatic heterocycles. The van der Waals surface area contributed by atoms with Gasteiger partial charge in [-0.15, -0.1) is 0 Å². The minimum atomic E-state index is -3.62. The lowest BCUT2D eigenvalue weighted by atomic mass is 10.1. The van der Waals surface area contributed by atoms with E-state index in [1.165, 1.54) is 9.21 Å². The monoisotopic (exact) mass is 533 g/mol. The highest BCUT2D eigenvalue weighted by molar-refractivity contribution is 7.92. The third kappa shape index (κ3) is 7.51. The molecule has 0 spiro atoms. The van der Waals surface area contributed by atoms with Gasteiger partial charge in [-0.05, 0) is 57.0 Å². The SMILES string of the molecule is COc1ccc(CN(C(=O)CCCN(c2ccc3c(c2)OCO3)S(C)(=O)=O)C(C)C(=O)NC(C)C)cc1. The number of carbonyl (C=O) groups is 2. The summed E-state index contributed by atoms with van der Waals surface area (Å²) in [5, 5.41) is 2.86. The summed E-state index contributed by atoms with van der Waals surface area (Å²) in [5.41, 5.74) is 1.27. The Morgan fingerprint density at radius 2 is 1.73 bits per heavy atom. The van der Waals surface area contributed by atoms with E-state index in [9.17, 15) is 18.0 Å². The summed E-state index contributed by atoms with van der Waals surface area (Å²) in [5.74, 6) is 1.21. The van der Waals surface area contributed by atoms with Crippen molar-refractivity contribution in [3.63, 3.8) is 0 Å². The molecular formula is C26H35N3O7S. The van der Waals surface area contributed by atoms with Gasteiger partial charge in [0.15, 0.2) is 11.5 Å². The molecule has 2 aromatic carbocycles. The lowest BCUT2D eigenvalue weighted by molar-refractivity contribution is -0.140. The van der Waals surface area contributed by atoms with Gasteiger partial charge in [0.2, 0.25) is 28.6 Å². The van der Waals surface area contributed by atoms with Gasteiger partial charge in [0, 0.05) is 31.6 Å². The Labute approximate surface area is 218 Å². The Morgan fingerprint density at radius 1 is 1.05 bits per heavy atom. The highest BCUT2D eigenvalue weighted by atomic mass is 32.2. The minimum Gasteiger partial charge on any atom is -0.497 e. The molecule has 0 saturated carbocycles. The smallest absolute Gasteiger partial charge is 0.242 e. The van der Waals surface area contributed by atoms with Crippen molar-refractivity contribution in [2.45, 2.75) is 52.2 Å². The fourth-order valence-corrected chi connectivity index (χ4v) is 4.92. The summed E-state index contributed by atoms with van der Waals surface area (Å²) in [4.78, 5) is 27.6. The fraction of sp³-hybridized carbons (Fsp3) is 0.462. The minimum absolute atomic E-state index is 0.0615. The molecule has 3 rings (SSSR count). The summed E-state index contributed by atoms with van der Waals surface area (Å²) in [6, 6.07) is 11.4. The molecule has 1 aliphatic rings. The summed E-state index contributed by atoms with van der Waals surface area (Å²) in [6.45, 7) is 5.81. The van der Waals surface area contributed by atoms with Gasteiger partial charge in [0.05, 0.1) is 19.1 Å². The van der Waals surface area contributed by atoms with Crippen LogP contribution in [0.3, 0.4) is 0 Å². The standard InChI is InChI=1S/C26H35N3O7S/c1-18(2)27-26(31)19(3)28(16-20-8-11-22(34-4)12-9-20)25(30)7-6-14-29(37(5,32)33)21-10-13-23-24(15-21)36-17-35-23/h8-13,15,18-19H,6-7,14,16-17H2,1-5H3,(H,27,31). The molecular weight excluding hydrogens is 498 g/mol. The first-order chi connectivity index (χ1) is 17.5. The number of fused-ring (bicyclic) bond motifs is 1. The average molecular weight is 534 g/mol. The number of hydrogen-bond acceptors (Lipinski definition) is 7. The number of carbonyl (C=O) groups excluding carboxylic acids is 2. The first-order valence-electron chi connectivity index (χ1n) is 12.1. The van der Waals surface area contributed by atoms with E-state index in [-0.39, 0.29) is 50.6 Å². The van der Waals surface area contributed by atoms with E-state index in [1.54, 1.807) is 44.4 Å². The number of benzene rings is 2. The molecule has 2 aromatic rings. The first-order valence-corrected chi connectivity index (χ1v) is 13.9. The second kappa shape index (κ2) is 12.2. The first kappa shape index (κ1) is 28.1. The predicted molar refractivity (Wildman–Crippen MR) is 140 cm³/mol. The van der Waals surface area contributed by atoms with Gasteiger partial charge in [-0.2, -0.15) is 0 Å². The molecule has 0 fully saturated rings. The number of sulfonamides is 1. The Hall–Kier alpha value is -3.47. The molecule has 37 heavy (non-hydrogen) atoms. The van der Waals surface area contributed by atoms with Crippen molar-refractivity contribution in [1.82, 2.24) is 10.2 Å². The zero-order chi connectivity index (χ0) is 27.2. The second-order valence-corrected chi connectivity index (χ2v) is 11.1. The summed E-state index contributed by atoms with van der Waals surface area (Å²) in [7, 11) is -2.04. The van der Waals surface area contributed by atoms with Crippen LogP contribution in [-0.2, 0) is 26.2 Å². The normalized spacial score (nSPS) is 13.2. The maximum Gasteiger partial charge on any atom is 0.242 e. The Morgan fingerprint density at radius 3 is 2.35 bits per heavy atom. The average Bonchev–Trinajstić information content (AvgIpc) is 3.31. The van der Waals surface area contributed by atoms with E-state index in [4.69, 9.17) is 14.2 Å². The lowest BCUT2D eigenvalue weighted by Gasteiger charge is -2.30. The topological polar surface area (TPSA) is 114 Å². The molecule has 0 saturated heterocycles. The Balaban J connectivity index is 1.73. The highest BCUT2D eigenvalue weighted by Crippen LogP contribution is 2.36. The van der Waals surface area contributed by atoms with Crippen LogP contribution in [-0.4, -0.2) is 63.9 Å². The molecule has 202 valence electrons. The molecule has 0 aromatic heterocycles. The van der Waals surface area contributed by atoms with E-state index < -0.39 is 16.1 Å². The zero-order valence-corrected chi connectivity index (χ0v) is 22.7. The maximum absolute atomic E-state index is 13.3. The maximum atomic E-state index is 13.3. The van der Waals surface area contributed by atoms with Crippen molar-refractivity contribution in [1.29, 1.82) is 0 Å². The van der Waals surface area contributed by atoms with Crippen LogP contribution in [0.5, 0.6) is 17.2 Å². The number of ether oxygens (including phenoxy) is 3. The second-order valence-electron chi connectivity index (χ2n) is 9.19. The van der Waals surface area contributed by atoms with Gasteiger partial charge in [-0.3, -0.25) is 13.9 Å². The summed E-state index contributed by atoms with van der Waals surface area (Å²) < 4.78 is 42.2. The number of rotatable bonds is 12. The van der Waals surface area contributed by atoms with Crippen molar-refractivity contribution in [3.05, 3.63) is 48.0 Å². The molecule has 10 nitrogen and oxygen atoms in total. The van der Waals surface area contributed by atoms with E-state index in [0.717, 1.165) is 11.8 Å². The third-order valence-corrected chi connectivity index (χ3v) is 7.10. The van der Waals surface area contributed by atoms with Crippen molar-refractivity contribution >= 4 is 27.5 Å². The number of anilines is 1. The van der Waals surface area contributed by atoms with Crippen LogP contribution in [0.2, 0.25) is 0 Å². The van der Waals surface area contributed by atoms with Crippen LogP contribution in [0.1, 0.15) is 39.2 Å². The van der Waals surface area contributed by atoms with Gasteiger partial charge >= 0.3 is 0 Å². The summed E-state index contributed by atoms with van der Waals surface area (Å²) >= 11 is 0. The fourth-order valence-electron chi connectivity index (χ4n) is 3.96. The Kier molecular flexibility index (Phi) is 9.25. The Bertz CT molecular complexity index is 1200. The molecule has 0 bridgehead atoms. The number of nitrogens with one attached hydrogen (secondary N) is 1. The lowest BCUT2D eigenvalue weighted by Crippen LogP contribution is -2.49. The van der Waals surface area contributed by atoms with Gasteiger partial charge in [0.25, 0.3) is 0 Å². The van der Waals surface area contributed by atoms with Crippen molar-refractivity contribution in [3.8, 4) is 17.2 Å². The number of hydrogen-bond donors (Lipinski definition) is 1. The number of methoxy groups -OCH3 is 1. The van der Waals surface area contributed by atoms with E-state index >= 15 is 0 Å². The van der Waals surface area contributed by atoms with Crippen molar-refractivity contribution < 1.29 is 32.2 Å². The molecule has 0 radical (unpaired) electrons. The van der Waals surface area contributed by atoms with Crippen LogP contribution in [0.15, 0.2) is 42.5 Å². The summed E-state index contributed by atoms with van der Waals surface area (Å²) in [6.07, 6.45) is 1.44. The van der Waals surface area contributed by atoms with E-state index in [0.29, 0.717) is 22.9 Å². The molecule has 1 unspecified atom stereocenters. The van der Waals surface area contributed by atoms with Gasteiger partial charge < -0.3 is 24.4 Å². The predicted octanol–water partition coefficient (Wildman–Crippen LogP) is 2.91. The van der Waals surface area contributed by atoms with Crippen LogP contribution in [0, 0.1) is 0 Å². The van der Waals surface area contributed by atoms with Crippen LogP contribution < -0.4 is 23.8 Å². The van der Waals surface area contributed by atoms with Gasteiger partial charge in [-0.25, -0.2) is 8.42 Å². The van der Waals surface area contributed by atoms with Gasteiger partial charge in [-0.1, -0.05) is 12.1 Å². The number of nitrogens with zero attached hydrogens (tertiary/aromatic N) is 2.